The smallest absolute Gasteiger partial charge is 0.255 e. The molecule has 0 saturated carbocycles. The number of carbonyl (C=O) groups is 1. The van der Waals surface area contributed by atoms with Gasteiger partial charge in [-0.05, 0) is 38.2 Å². The van der Waals surface area contributed by atoms with Gasteiger partial charge in [-0.25, -0.2) is 8.42 Å². The van der Waals surface area contributed by atoms with Gasteiger partial charge in [0.15, 0.2) is 0 Å². The minimum absolute atomic E-state index is 0.0792. The van der Waals surface area contributed by atoms with Crippen molar-refractivity contribution in [1.29, 1.82) is 0 Å². The third-order valence-corrected chi connectivity index (χ3v) is 5.81. The second-order valence-corrected chi connectivity index (χ2v) is 7.53. The van der Waals surface area contributed by atoms with Gasteiger partial charge in [-0.2, -0.15) is 4.31 Å². The van der Waals surface area contributed by atoms with Gasteiger partial charge in [0.1, 0.15) is 5.75 Å². The fourth-order valence-electron chi connectivity index (χ4n) is 2.52. The zero-order valence-corrected chi connectivity index (χ0v) is 15.4. The Morgan fingerprint density at radius 3 is 2.64 bits per heavy atom. The molecule has 2 N–H and O–H groups in total. The van der Waals surface area contributed by atoms with E-state index in [1.807, 2.05) is 7.05 Å². The van der Waals surface area contributed by atoms with Crippen molar-refractivity contribution < 1.29 is 22.7 Å². The molecule has 140 valence electrons. The van der Waals surface area contributed by atoms with E-state index in [0.29, 0.717) is 38.6 Å². The first-order valence-corrected chi connectivity index (χ1v) is 9.63. The number of rotatable bonds is 8. The Balaban J connectivity index is 2.22. The molecule has 0 unspecified atom stereocenters. The van der Waals surface area contributed by atoms with Gasteiger partial charge in [0.2, 0.25) is 10.0 Å². The highest BCUT2D eigenvalue weighted by atomic mass is 32.2. The van der Waals surface area contributed by atoms with Crippen LogP contribution in [-0.4, -0.2) is 72.2 Å². The van der Waals surface area contributed by atoms with Crippen molar-refractivity contribution in [2.75, 3.05) is 53.6 Å². The number of ether oxygens (including phenoxy) is 2. The highest BCUT2D eigenvalue weighted by molar-refractivity contribution is 7.89. The van der Waals surface area contributed by atoms with Gasteiger partial charge >= 0.3 is 0 Å². The van der Waals surface area contributed by atoms with Gasteiger partial charge in [0.05, 0.1) is 30.8 Å². The molecule has 1 aromatic rings. The lowest BCUT2D eigenvalue weighted by Crippen LogP contribution is -2.40. The Kier molecular flexibility index (Phi) is 7.18. The lowest BCUT2D eigenvalue weighted by molar-refractivity contribution is 0.0730. The van der Waals surface area contributed by atoms with Crippen LogP contribution in [0.1, 0.15) is 16.8 Å². The van der Waals surface area contributed by atoms with Crippen LogP contribution >= 0.6 is 0 Å². The summed E-state index contributed by atoms with van der Waals surface area (Å²) in [5, 5.41) is 5.78. The van der Waals surface area contributed by atoms with Crippen molar-refractivity contribution in [3.8, 4) is 5.75 Å². The van der Waals surface area contributed by atoms with E-state index >= 15 is 0 Å². The minimum atomic E-state index is -3.66. The molecule has 2 rings (SSSR count). The number of nitrogens with zero attached hydrogens (tertiary/aromatic N) is 1. The number of sulfonamides is 1. The lowest BCUT2D eigenvalue weighted by Gasteiger charge is -2.26. The molecule has 9 heteroatoms. The van der Waals surface area contributed by atoms with E-state index in [2.05, 4.69) is 10.6 Å². The van der Waals surface area contributed by atoms with Crippen molar-refractivity contribution >= 4 is 15.9 Å². The SMILES string of the molecule is CNCCCNC(=O)c1cc(S(=O)(=O)N2CCOCC2)ccc1OC. The van der Waals surface area contributed by atoms with Crippen molar-refractivity contribution in [3.63, 3.8) is 0 Å². The summed E-state index contributed by atoms with van der Waals surface area (Å²) in [7, 11) is -0.379. The molecule has 1 amide bonds. The first-order valence-electron chi connectivity index (χ1n) is 8.19. The van der Waals surface area contributed by atoms with E-state index < -0.39 is 10.0 Å². The number of benzene rings is 1. The van der Waals surface area contributed by atoms with Crippen LogP contribution in [0.2, 0.25) is 0 Å². The molecule has 1 aliphatic rings. The quantitative estimate of drug-likeness (QED) is 0.627. The van der Waals surface area contributed by atoms with Crippen LogP contribution in [0.4, 0.5) is 0 Å². The van der Waals surface area contributed by atoms with Crippen molar-refractivity contribution in [3.05, 3.63) is 23.8 Å². The van der Waals surface area contributed by atoms with Crippen molar-refractivity contribution in [2.45, 2.75) is 11.3 Å². The summed E-state index contributed by atoms with van der Waals surface area (Å²) in [6.45, 7) is 2.62. The average molecular weight is 371 g/mol. The molecule has 0 radical (unpaired) electrons. The predicted octanol–water partition coefficient (Wildman–Crippen LogP) is 0.0554. The summed E-state index contributed by atoms with van der Waals surface area (Å²) in [4.78, 5) is 12.5. The minimum Gasteiger partial charge on any atom is -0.496 e. The predicted molar refractivity (Wildman–Crippen MR) is 93.4 cm³/mol. The van der Waals surface area contributed by atoms with Crippen LogP contribution in [0.25, 0.3) is 0 Å². The van der Waals surface area contributed by atoms with Crippen LogP contribution < -0.4 is 15.4 Å². The maximum Gasteiger partial charge on any atom is 0.255 e. The Bertz CT molecular complexity index is 687. The average Bonchev–Trinajstić information content (AvgIpc) is 2.65. The number of methoxy groups -OCH3 is 1. The molecule has 1 aliphatic heterocycles. The van der Waals surface area contributed by atoms with E-state index in [1.54, 1.807) is 0 Å². The Labute approximate surface area is 148 Å². The second-order valence-electron chi connectivity index (χ2n) is 5.59. The van der Waals surface area contributed by atoms with Crippen molar-refractivity contribution in [2.24, 2.45) is 0 Å². The highest BCUT2D eigenvalue weighted by Crippen LogP contribution is 2.25. The number of carbonyl (C=O) groups excluding carboxylic acids is 1. The first kappa shape index (κ1) is 19.6. The molecule has 8 nitrogen and oxygen atoms in total. The fourth-order valence-corrected chi connectivity index (χ4v) is 3.96. The van der Waals surface area contributed by atoms with E-state index in [9.17, 15) is 13.2 Å². The van der Waals surface area contributed by atoms with E-state index in [-0.39, 0.29) is 16.4 Å². The Morgan fingerprint density at radius 1 is 1.28 bits per heavy atom. The van der Waals surface area contributed by atoms with Gasteiger partial charge in [-0.15, -0.1) is 0 Å². The van der Waals surface area contributed by atoms with Gasteiger partial charge in [0.25, 0.3) is 5.91 Å². The van der Waals surface area contributed by atoms with Crippen LogP contribution in [0.3, 0.4) is 0 Å². The molecular weight excluding hydrogens is 346 g/mol. The zero-order valence-electron chi connectivity index (χ0n) is 14.6. The summed E-state index contributed by atoms with van der Waals surface area (Å²) in [5.41, 5.74) is 0.210. The summed E-state index contributed by atoms with van der Waals surface area (Å²) < 4.78 is 37.3. The van der Waals surface area contributed by atoms with Crippen LogP contribution in [0.15, 0.2) is 23.1 Å². The lowest BCUT2D eigenvalue weighted by atomic mass is 10.2. The van der Waals surface area contributed by atoms with Gasteiger partial charge < -0.3 is 20.1 Å². The fraction of sp³-hybridized carbons (Fsp3) is 0.562. The third-order valence-electron chi connectivity index (χ3n) is 3.91. The first-order chi connectivity index (χ1) is 12.0. The molecule has 0 aliphatic carbocycles. The maximum atomic E-state index is 12.8. The van der Waals surface area contributed by atoms with Crippen LogP contribution in [0, 0.1) is 0 Å². The monoisotopic (exact) mass is 371 g/mol. The molecule has 0 bridgehead atoms. The second kappa shape index (κ2) is 9.14. The maximum absolute atomic E-state index is 12.8. The summed E-state index contributed by atoms with van der Waals surface area (Å²) in [6.07, 6.45) is 0.774. The number of hydrogen-bond acceptors (Lipinski definition) is 6. The summed E-state index contributed by atoms with van der Waals surface area (Å²) in [5.74, 6) is -0.0148. The number of morpholine rings is 1. The number of nitrogens with one attached hydrogen (secondary N) is 2. The third kappa shape index (κ3) is 4.91. The molecule has 1 aromatic carbocycles. The molecule has 0 spiro atoms. The largest absolute Gasteiger partial charge is 0.496 e. The Morgan fingerprint density at radius 2 is 2.00 bits per heavy atom. The number of hydrogen-bond donors (Lipinski definition) is 2. The zero-order chi connectivity index (χ0) is 18.3. The Hall–Kier alpha value is -1.68. The number of amides is 1. The standard InChI is InChI=1S/C16H25N3O5S/c1-17-6-3-7-18-16(20)14-12-13(4-5-15(14)23-2)25(21,22)19-8-10-24-11-9-19/h4-5,12,17H,3,6-11H2,1-2H3,(H,18,20). The van der Waals surface area contributed by atoms with E-state index in [4.69, 9.17) is 9.47 Å². The van der Waals surface area contributed by atoms with Gasteiger partial charge in [0, 0.05) is 19.6 Å². The molecule has 1 fully saturated rings. The van der Waals surface area contributed by atoms with E-state index in [0.717, 1.165) is 13.0 Å². The molecule has 0 atom stereocenters. The van der Waals surface area contributed by atoms with E-state index in [1.165, 1.54) is 29.6 Å². The summed E-state index contributed by atoms with van der Waals surface area (Å²) in [6, 6.07) is 4.34. The molecule has 1 saturated heterocycles. The topological polar surface area (TPSA) is 97.0 Å². The molecule has 1 heterocycles. The molecular formula is C16H25N3O5S. The van der Waals surface area contributed by atoms with Gasteiger partial charge in [-0.1, -0.05) is 0 Å². The van der Waals surface area contributed by atoms with Crippen LogP contribution in [0.5, 0.6) is 5.75 Å². The van der Waals surface area contributed by atoms with Crippen LogP contribution in [-0.2, 0) is 14.8 Å². The van der Waals surface area contributed by atoms with Gasteiger partial charge in [-0.3, -0.25) is 4.79 Å². The molecule has 25 heavy (non-hydrogen) atoms. The summed E-state index contributed by atoms with van der Waals surface area (Å²) >= 11 is 0. The molecule has 0 aromatic heterocycles. The normalized spacial score (nSPS) is 15.8. The highest BCUT2D eigenvalue weighted by Gasteiger charge is 2.27. The van der Waals surface area contributed by atoms with Crippen molar-refractivity contribution in [1.82, 2.24) is 14.9 Å².